The van der Waals surface area contributed by atoms with Crippen LogP contribution in [0.15, 0.2) is 35.7 Å². The highest BCUT2D eigenvalue weighted by atomic mass is 32.1. The summed E-state index contributed by atoms with van der Waals surface area (Å²) in [6, 6.07) is 10.2. The van der Waals surface area contributed by atoms with Crippen LogP contribution in [0.2, 0.25) is 0 Å². The minimum Gasteiger partial charge on any atom is -0.497 e. The van der Waals surface area contributed by atoms with Crippen LogP contribution in [0.4, 0.5) is 5.13 Å². The van der Waals surface area contributed by atoms with Crippen LogP contribution in [-0.4, -0.2) is 22.6 Å². The summed E-state index contributed by atoms with van der Waals surface area (Å²) in [6.07, 6.45) is 1.99. The molecule has 0 bridgehead atoms. The van der Waals surface area contributed by atoms with Gasteiger partial charge in [-0.3, -0.25) is 4.79 Å². The van der Waals surface area contributed by atoms with Gasteiger partial charge in [-0.05, 0) is 57.0 Å². The first kappa shape index (κ1) is 16.8. The zero-order valence-electron chi connectivity index (χ0n) is 15.1. The molecule has 1 amide bonds. The summed E-state index contributed by atoms with van der Waals surface area (Å²) in [5.74, 6) is 1.11. The minimum atomic E-state index is 0.0922. The Bertz CT molecular complexity index is 952. The van der Waals surface area contributed by atoms with Crippen LogP contribution in [0.25, 0.3) is 16.9 Å². The fourth-order valence-electron chi connectivity index (χ4n) is 3.16. The third kappa shape index (κ3) is 3.12. The second-order valence-electron chi connectivity index (χ2n) is 6.62. The molecule has 1 aromatic carbocycles. The highest BCUT2D eigenvalue weighted by Gasteiger charge is 2.30. The van der Waals surface area contributed by atoms with E-state index in [0.29, 0.717) is 5.13 Å². The smallest absolute Gasteiger partial charge is 0.229 e. The minimum absolute atomic E-state index is 0.0922. The molecule has 0 aliphatic heterocycles. The Morgan fingerprint density at radius 2 is 2.00 bits per heavy atom. The van der Waals surface area contributed by atoms with Crippen LogP contribution in [0.5, 0.6) is 5.75 Å². The topological polar surface area (TPSA) is 56.1 Å². The summed E-state index contributed by atoms with van der Waals surface area (Å²) in [7, 11) is 1.67. The molecule has 2 aromatic heterocycles. The summed E-state index contributed by atoms with van der Waals surface area (Å²) in [5.41, 5.74) is 5.33. The Hall–Kier alpha value is -2.60. The number of nitrogens with zero attached hydrogens (tertiary/aromatic N) is 2. The van der Waals surface area contributed by atoms with E-state index in [1.54, 1.807) is 7.11 Å². The van der Waals surface area contributed by atoms with Gasteiger partial charge in [0.05, 0.1) is 12.8 Å². The zero-order valence-corrected chi connectivity index (χ0v) is 15.9. The van der Waals surface area contributed by atoms with Gasteiger partial charge in [-0.25, -0.2) is 4.98 Å². The van der Waals surface area contributed by atoms with E-state index in [2.05, 4.69) is 34.8 Å². The summed E-state index contributed by atoms with van der Waals surface area (Å²) >= 11 is 1.47. The van der Waals surface area contributed by atoms with Crippen LogP contribution in [0.1, 0.15) is 24.2 Å². The molecule has 0 atom stereocenters. The molecule has 0 saturated heterocycles. The fourth-order valence-corrected chi connectivity index (χ4v) is 3.87. The van der Waals surface area contributed by atoms with E-state index in [1.165, 1.54) is 11.3 Å². The Balaban J connectivity index is 1.63. The predicted molar refractivity (Wildman–Crippen MR) is 104 cm³/mol. The van der Waals surface area contributed by atoms with E-state index in [0.717, 1.165) is 46.9 Å². The number of rotatable bonds is 5. The molecule has 4 rings (SSSR count). The van der Waals surface area contributed by atoms with Crippen LogP contribution in [0.3, 0.4) is 0 Å². The summed E-state index contributed by atoms with van der Waals surface area (Å²) in [6.45, 7) is 4.18. The zero-order chi connectivity index (χ0) is 18.3. The Morgan fingerprint density at radius 3 is 2.65 bits per heavy atom. The number of carbonyl (C=O) groups excluding carboxylic acids is 1. The van der Waals surface area contributed by atoms with E-state index < -0.39 is 0 Å². The molecule has 3 aromatic rings. The summed E-state index contributed by atoms with van der Waals surface area (Å²) < 4.78 is 7.45. The normalized spacial score (nSPS) is 13.7. The molecule has 0 unspecified atom stereocenters. The van der Waals surface area contributed by atoms with Gasteiger partial charge < -0.3 is 14.6 Å². The van der Waals surface area contributed by atoms with Crippen molar-refractivity contribution in [1.29, 1.82) is 0 Å². The molecule has 1 N–H and O–H groups in total. The molecule has 0 radical (unpaired) electrons. The average molecular weight is 367 g/mol. The quantitative estimate of drug-likeness (QED) is 0.718. The van der Waals surface area contributed by atoms with Crippen molar-refractivity contribution in [3.8, 4) is 22.7 Å². The van der Waals surface area contributed by atoms with Crippen molar-refractivity contribution < 1.29 is 9.53 Å². The van der Waals surface area contributed by atoms with Crippen molar-refractivity contribution in [2.45, 2.75) is 26.7 Å². The van der Waals surface area contributed by atoms with Gasteiger partial charge >= 0.3 is 0 Å². The van der Waals surface area contributed by atoms with Crippen molar-refractivity contribution in [3.63, 3.8) is 0 Å². The SMILES string of the molecule is COc1ccc(-n2c(C)cc(-c3csc(NC(=O)C4CC4)n3)c2C)cc1. The maximum atomic E-state index is 11.9. The molecular weight excluding hydrogens is 346 g/mol. The highest BCUT2D eigenvalue weighted by molar-refractivity contribution is 7.14. The number of benzene rings is 1. The molecular formula is C20H21N3O2S. The average Bonchev–Trinajstić information content (AvgIpc) is 3.33. The molecule has 2 heterocycles. The van der Waals surface area contributed by atoms with E-state index in [9.17, 15) is 4.79 Å². The number of amides is 1. The highest BCUT2D eigenvalue weighted by Crippen LogP contribution is 2.34. The fraction of sp³-hybridized carbons (Fsp3) is 0.300. The van der Waals surface area contributed by atoms with Gasteiger partial charge in [-0.2, -0.15) is 0 Å². The standard InChI is InChI=1S/C20H21N3O2S/c1-12-10-17(13(2)23(12)15-6-8-16(25-3)9-7-15)18-11-26-20(21-18)22-19(24)14-4-5-14/h6-11,14H,4-5H2,1-3H3,(H,21,22,24). The molecule has 26 heavy (non-hydrogen) atoms. The lowest BCUT2D eigenvalue weighted by molar-refractivity contribution is -0.117. The maximum Gasteiger partial charge on any atom is 0.229 e. The van der Waals surface area contributed by atoms with Gasteiger partial charge in [0.25, 0.3) is 0 Å². The van der Waals surface area contributed by atoms with Gasteiger partial charge in [0, 0.05) is 33.9 Å². The number of hydrogen-bond donors (Lipinski definition) is 1. The van der Waals surface area contributed by atoms with Gasteiger partial charge in [-0.15, -0.1) is 11.3 Å². The maximum absolute atomic E-state index is 11.9. The molecule has 1 saturated carbocycles. The number of carbonyl (C=O) groups is 1. The summed E-state index contributed by atoms with van der Waals surface area (Å²) in [5, 5.41) is 5.60. The van der Waals surface area contributed by atoms with Crippen molar-refractivity contribution in [3.05, 3.63) is 47.1 Å². The van der Waals surface area contributed by atoms with Crippen molar-refractivity contribution in [2.75, 3.05) is 12.4 Å². The Labute approximate surface area is 156 Å². The molecule has 1 aliphatic carbocycles. The van der Waals surface area contributed by atoms with E-state index in [1.807, 2.05) is 29.6 Å². The van der Waals surface area contributed by atoms with Gasteiger partial charge in [0.15, 0.2) is 5.13 Å². The monoisotopic (exact) mass is 367 g/mol. The predicted octanol–water partition coefficient (Wildman–Crippen LogP) is 4.57. The first-order chi connectivity index (χ1) is 12.6. The van der Waals surface area contributed by atoms with Gasteiger partial charge in [0.2, 0.25) is 5.91 Å². The van der Waals surface area contributed by atoms with Crippen LogP contribution in [-0.2, 0) is 4.79 Å². The lowest BCUT2D eigenvalue weighted by Gasteiger charge is -2.10. The first-order valence-corrected chi connectivity index (χ1v) is 9.55. The van der Waals surface area contributed by atoms with E-state index in [-0.39, 0.29) is 11.8 Å². The molecule has 1 aliphatic rings. The largest absolute Gasteiger partial charge is 0.497 e. The second-order valence-corrected chi connectivity index (χ2v) is 7.48. The van der Waals surface area contributed by atoms with E-state index in [4.69, 9.17) is 4.74 Å². The van der Waals surface area contributed by atoms with Crippen LogP contribution < -0.4 is 10.1 Å². The number of ether oxygens (including phenoxy) is 1. The molecule has 6 heteroatoms. The number of hydrogen-bond acceptors (Lipinski definition) is 4. The summed E-state index contributed by atoms with van der Waals surface area (Å²) in [4.78, 5) is 16.5. The molecule has 1 fully saturated rings. The van der Waals surface area contributed by atoms with Crippen molar-refractivity contribution >= 4 is 22.4 Å². The second kappa shape index (κ2) is 6.61. The Morgan fingerprint density at radius 1 is 1.27 bits per heavy atom. The van der Waals surface area contributed by atoms with Crippen molar-refractivity contribution in [2.24, 2.45) is 5.92 Å². The van der Waals surface area contributed by atoms with Crippen molar-refractivity contribution in [1.82, 2.24) is 9.55 Å². The van der Waals surface area contributed by atoms with Crippen LogP contribution >= 0.6 is 11.3 Å². The number of aromatic nitrogens is 2. The number of nitrogens with one attached hydrogen (secondary N) is 1. The molecule has 5 nitrogen and oxygen atoms in total. The number of methoxy groups -OCH3 is 1. The van der Waals surface area contributed by atoms with Crippen LogP contribution in [0, 0.1) is 19.8 Å². The number of aryl methyl sites for hydroxylation is 1. The van der Waals surface area contributed by atoms with Gasteiger partial charge in [0.1, 0.15) is 5.75 Å². The van der Waals surface area contributed by atoms with E-state index >= 15 is 0 Å². The Kier molecular flexibility index (Phi) is 4.28. The lowest BCUT2D eigenvalue weighted by atomic mass is 10.2. The molecule has 0 spiro atoms. The molecule has 134 valence electrons. The third-order valence-corrected chi connectivity index (χ3v) is 5.48. The first-order valence-electron chi connectivity index (χ1n) is 8.67. The third-order valence-electron chi connectivity index (χ3n) is 4.72. The van der Waals surface area contributed by atoms with Gasteiger partial charge in [-0.1, -0.05) is 0 Å². The number of thiazole rings is 1. The lowest BCUT2D eigenvalue weighted by Crippen LogP contribution is -2.12. The number of anilines is 1.